The molecular weight excluding hydrogens is 400 g/mol. The van der Waals surface area contributed by atoms with Gasteiger partial charge in [0.2, 0.25) is 0 Å². The summed E-state index contributed by atoms with van der Waals surface area (Å²) >= 11 is 5.97. The van der Waals surface area contributed by atoms with Gasteiger partial charge < -0.3 is 8.83 Å². The summed E-state index contributed by atoms with van der Waals surface area (Å²) in [7, 11) is 0. The molecule has 0 spiro atoms. The fraction of sp³-hybridized carbons (Fsp3) is 0.0400. The van der Waals surface area contributed by atoms with Crippen LogP contribution >= 0.6 is 11.6 Å². The highest BCUT2D eigenvalue weighted by Crippen LogP contribution is 2.32. The Morgan fingerprint density at radius 1 is 0.833 bits per heavy atom. The van der Waals surface area contributed by atoms with Crippen molar-refractivity contribution in [2.75, 3.05) is 0 Å². The zero-order chi connectivity index (χ0) is 20.7. The number of carbonyl (C=O) groups excluding carboxylic acids is 1. The van der Waals surface area contributed by atoms with E-state index < -0.39 is 5.63 Å². The molecule has 146 valence electrons. The summed E-state index contributed by atoms with van der Waals surface area (Å²) in [6, 6.07) is 23.4. The van der Waals surface area contributed by atoms with Gasteiger partial charge in [-0.2, -0.15) is 0 Å². The van der Waals surface area contributed by atoms with Crippen molar-refractivity contribution in [3.05, 3.63) is 117 Å². The van der Waals surface area contributed by atoms with Crippen molar-refractivity contribution in [1.29, 1.82) is 0 Å². The second-order valence-electron chi connectivity index (χ2n) is 6.99. The third-order valence-corrected chi connectivity index (χ3v) is 5.31. The lowest BCUT2D eigenvalue weighted by Crippen LogP contribution is -2.09. The van der Waals surface area contributed by atoms with Crippen molar-refractivity contribution < 1.29 is 13.6 Å². The van der Waals surface area contributed by atoms with E-state index in [0.29, 0.717) is 39.3 Å². The van der Waals surface area contributed by atoms with E-state index in [2.05, 4.69) is 0 Å². The number of hydrogen-bond donors (Lipinski definition) is 0. The summed E-state index contributed by atoms with van der Waals surface area (Å²) < 4.78 is 11.7. The van der Waals surface area contributed by atoms with E-state index >= 15 is 0 Å². The molecule has 0 unspecified atom stereocenters. The van der Waals surface area contributed by atoms with E-state index in [4.69, 9.17) is 20.4 Å². The van der Waals surface area contributed by atoms with Crippen LogP contribution in [0.2, 0.25) is 5.02 Å². The molecule has 0 saturated carbocycles. The number of para-hydroxylation sites is 1. The standard InChI is InChI=1S/C25H15ClO4/c26-17-12-10-16(11-13-17)23(27)21-20(14-15-6-2-1-3-7-15)29-24-18-8-4-5-9-19(18)30-25(28)22(21)24/h1-13H,14H2. The zero-order valence-electron chi connectivity index (χ0n) is 15.7. The Balaban J connectivity index is 1.80. The highest BCUT2D eigenvalue weighted by molar-refractivity contribution is 6.30. The Morgan fingerprint density at radius 2 is 1.53 bits per heavy atom. The maximum Gasteiger partial charge on any atom is 0.348 e. The maximum absolute atomic E-state index is 13.4. The summed E-state index contributed by atoms with van der Waals surface area (Å²) in [4.78, 5) is 26.3. The molecule has 0 amide bonds. The van der Waals surface area contributed by atoms with Crippen molar-refractivity contribution >= 4 is 39.3 Å². The van der Waals surface area contributed by atoms with E-state index in [1.54, 1.807) is 36.4 Å². The molecule has 5 aromatic rings. The van der Waals surface area contributed by atoms with E-state index in [1.807, 2.05) is 42.5 Å². The molecule has 0 fully saturated rings. The molecule has 5 rings (SSSR count). The number of rotatable bonds is 4. The summed E-state index contributed by atoms with van der Waals surface area (Å²) in [6.07, 6.45) is 0.373. The molecule has 0 aliphatic rings. The minimum absolute atomic E-state index is 0.166. The Hall–Kier alpha value is -3.63. The van der Waals surface area contributed by atoms with Crippen LogP contribution in [0.4, 0.5) is 0 Å². The number of halogens is 1. The molecule has 5 heteroatoms. The van der Waals surface area contributed by atoms with Gasteiger partial charge in [0.15, 0.2) is 11.4 Å². The smallest absolute Gasteiger partial charge is 0.348 e. The largest absolute Gasteiger partial charge is 0.459 e. The van der Waals surface area contributed by atoms with Crippen LogP contribution in [0, 0.1) is 0 Å². The van der Waals surface area contributed by atoms with Crippen LogP contribution in [0.15, 0.2) is 92.5 Å². The number of furan rings is 1. The van der Waals surface area contributed by atoms with E-state index in [-0.39, 0.29) is 16.7 Å². The number of ketones is 1. The molecule has 30 heavy (non-hydrogen) atoms. The van der Waals surface area contributed by atoms with Crippen molar-refractivity contribution in [1.82, 2.24) is 0 Å². The van der Waals surface area contributed by atoms with Crippen LogP contribution < -0.4 is 5.63 Å². The average molecular weight is 415 g/mol. The van der Waals surface area contributed by atoms with Crippen LogP contribution in [0.3, 0.4) is 0 Å². The topological polar surface area (TPSA) is 60.4 Å². The predicted molar refractivity (Wildman–Crippen MR) is 116 cm³/mol. The summed E-state index contributed by atoms with van der Waals surface area (Å²) in [5.41, 5.74) is 1.81. The van der Waals surface area contributed by atoms with Gasteiger partial charge in [-0.3, -0.25) is 4.79 Å². The molecule has 4 nitrogen and oxygen atoms in total. The van der Waals surface area contributed by atoms with Gasteiger partial charge in [-0.15, -0.1) is 0 Å². The summed E-state index contributed by atoms with van der Waals surface area (Å²) in [5.74, 6) is 0.124. The van der Waals surface area contributed by atoms with Crippen molar-refractivity contribution in [3.63, 3.8) is 0 Å². The minimum Gasteiger partial charge on any atom is -0.459 e. The van der Waals surface area contributed by atoms with Crippen LogP contribution in [0.1, 0.15) is 27.2 Å². The Bertz CT molecular complexity index is 1440. The number of hydrogen-bond acceptors (Lipinski definition) is 4. The Kier molecular flexibility index (Phi) is 4.49. The number of fused-ring (bicyclic) bond motifs is 3. The first kappa shape index (κ1) is 18.4. The third-order valence-electron chi connectivity index (χ3n) is 5.06. The van der Waals surface area contributed by atoms with Gasteiger partial charge in [-0.1, -0.05) is 54.1 Å². The fourth-order valence-electron chi connectivity index (χ4n) is 3.65. The van der Waals surface area contributed by atoms with Crippen LogP contribution in [0.5, 0.6) is 0 Å². The molecule has 0 saturated heterocycles. The third kappa shape index (κ3) is 3.11. The fourth-order valence-corrected chi connectivity index (χ4v) is 3.77. The van der Waals surface area contributed by atoms with Gasteiger partial charge in [-0.05, 0) is 42.0 Å². The second-order valence-corrected chi connectivity index (χ2v) is 7.42. The van der Waals surface area contributed by atoms with Gasteiger partial charge in [0.05, 0.1) is 10.9 Å². The van der Waals surface area contributed by atoms with E-state index in [1.165, 1.54) is 0 Å². The molecule has 0 radical (unpaired) electrons. The predicted octanol–water partition coefficient (Wildman–Crippen LogP) is 6.01. The van der Waals surface area contributed by atoms with Crippen LogP contribution in [-0.4, -0.2) is 5.78 Å². The van der Waals surface area contributed by atoms with Gasteiger partial charge in [0.25, 0.3) is 0 Å². The highest BCUT2D eigenvalue weighted by Gasteiger charge is 2.26. The molecule has 0 aliphatic carbocycles. The summed E-state index contributed by atoms with van der Waals surface area (Å²) in [6.45, 7) is 0. The zero-order valence-corrected chi connectivity index (χ0v) is 16.5. The SMILES string of the molecule is O=C(c1ccc(Cl)cc1)c1c(Cc2ccccc2)oc2c1c(=O)oc1ccccc12. The first-order chi connectivity index (χ1) is 14.6. The van der Waals surface area contributed by atoms with Gasteiger partial charge in [0.1, 0.15) is 16.7 Å². The summed E-state index contributed by atoms with van der Waals surface area (Å²) in [5, 5.41) is 1.34. The molecule has 0 atom stereocenters. The van der Waals surface area contributed by atoms with Crippen molar-refractivity contribution in [2.24, 2.45) is 0 Å². The molecule has 2 heterocycles. The second kappa shape index (κ2) is 7.32. The van der Waals surface area contributed by atoms with Crippen molar-refractivity contribution in [2.45, 2.75) is 6.42 Å². The quantitative estimate of drug-likeness (QED) is 0.267. The lowest BCUT2D eigenvalue weighted by molar-refractivity contribution is 0.103. The molecule has 0 N–H and O–H groups in total. The highest BCUT2D eigenvalue weighted by atomic mass is 35.5. The average Bonchev–Trinajstić information content (AvgIpc) is 3.14. The van der Waals surface area contributed by atoms with Crippen LogP contribution in [0.25, 0.3) is 21.9 Å². The molecule has 3 aromatic carbocycles. The Labute approximate surface area is 176 Å². The van der Waals surface area contributed by atoms with Gasteiger partial charge in [0, 0.05) is 17.0 Å². The lowest BCUT2D eigenvalue weighted by atomic mass is 9.98. The maximum atomic E-state index is 13.4. The minimum atomic E-state index is -0.593. The molecule has 2 aromatic heterocycles. The van der Waals surface area contributed by atoms with E-state index in [0.717, 1.165) is 5.56 Å². The van der Waals surface area contributed by atoms with Crippen molar-refractivity contribution in [3.8, 4) is 0 Å². The molecular formula is C25H15ClO4. The number of benzene rings is 3. The lowest BCUT2D eigenvalue weighted by Gasteiger charge is -2.04. The van der Waals surface area contributed by atoms with Gasteiger partial charge in [-0.25, -0.2) is 4.79 Å². The normalized spacial score (nSPS) is 11.2. The van der Waals surface area contributed by atoms with Gasteiger partial charge >= 0.3 is 5.63 Å². The first-order valence-electron chi connectivity index (χ1n) is 9.43. The first-order valence-corrected chi connectivity index (χ1v) is 9.81. The number of carbonyl (C=O) groups is 1. The van der Waals surface area contributed by atoms with E-state index in [9.17, 15) is 9.59 Å². The molecule has 0 aliphatic heterocycles. The monoisotopic (exact) mass is 414 g/mol. The molecule has 0 bridgehead atoms. The Morgan fingerprint density at radius 3 is 2.30 bits per heavy atom. The van der Waals surface area contributed by atoms with Crippen LogP contribution in [-0.2, 0) is 6.42 Å².